The molecule has 0 aliphatic heterocycles. The zero-order chi connectivity index (χ0) is 33.4. The van der Waals surface area contributed by atoms with E-state index in [1.165, 1.54) is 76.3 Å². The van der Waals surface area contributed by atoms with Crippen LogP contribution < -0.4 is 4.40 Å². The van der Waals surface area contributed by atoms with Crippen LogP contribution in [0.15, 0.2) is 108 Å². The summed E-state index contributed by atoms with van der Waals surface area (Å²) in [5.74, 6) is 7.23. The third-order valence-electron chi connectivity index (χ3n) is 10.3. The summed E-state index contributed by atoms with van der Waals surface area (Å²) in [5, 5.41) is 2.27. The minimum absolute atomic E-state index is 0. The number of hydrogen-bond donors (Lipinski definition) is 0. The van der Waals surface area contributed by atoms with Crippen LogP contribution >= 0.6 is 0 Å². The van der Waals surface area contributed by atoms with Crippen LogP contribution in [-0.2, 0) is 45.8 Å². The fraction of sp³-hybridized carbons (Fsp3) is 0.244. The van der Waals surface area contributed by atoms with Crippen molar-refractivity contribution in [1.29, 1.82) is 0 Å². The summed E-state index contributed by atoms with van der Waals surface area (Å²) in [7, 11) is 0. The molecule has 3 nitrogen and oxygen atoms in total. The Morgan fingerprint density at radius 1 is 0.640 bits per heavy atom. The Hall–Kier alpha value is -3.83. The van der Waals surface area contributed by atoms with Gasteiger partial charge in [0.25, 0.3) is 0 Å². The molecule has 0 saturated carbocycles. The number of aryl methyl sites for hydroxylation is 2. The van der Waals surface area contributed by atoms with Gasteiger partial charge in [-0.15, -0.1) is 18.2 Å². The van der Waals surface area contributed by atoms with Gasteiger partial charge in [0.05, 0.1) is 5.58 Å². The van der Waals surface area contributed by atoms with E-state index in [0.29, 0.717) is 0 Å². The fourth-order valence-corrected chi connectivity index (χ4v) is 9.70. The average Bonchev–Trinajstić information content (AvgIpc) is 3.53. The van der Waals surface area contributed by atoms with E-state index >= 15 is 0 Å². The van der Waals surface area contributed by atoms with Crippen LogP contribution in [0.25, 0.3) is 55.6 Å². The molecule has 50 heavy (non-hydrogen) atoms. The molecule has 0 bridgehead atoms. The number of benzene rings is 4. The second-order valence-electron chi connectivity index (χ2n) is 14.5. The van der Waals surface area contributed by atoms with Crippen molar-refractivity contribution in [1.82, 2.24) is 9.97 Å². The predicted molar refractivity (Wildman–Crippen MR) is 206 cm³/mol. The molecule has 0 saturated heterocycles. The van der Waals surface area contributed by atoms with Crippen LogP contribution in [0, 0.1) is 12.1 Å². The summed E-state index contributed by atoms with van der Waals surface area (Å²) < 4.78 is 7.89. The number of fused-ring (bicyclic) bond motifs is 5. The molecule has 1 radical (unpaired) electrons. The molecular weight excluding hydrogens is 849 g/mol. The van der Waals surface area contributed by atoms with Crippen molar-refractivity contribution in [2.75, 3.05) is 0 Å². The molecule has 2 aliphatic rings. The predicted octanol–water partition coefficient (Wildman–Crippen LogP) is 11.0. The Balaban J connectivity index is 0.000000165. The smallest absolute Gasteiger partial charge is 0.121 e. The molecule has 7 aromatic rings. The van der Waals surface area contributed by atoms with E-state index in [1.54, 1.807) is 0 Å². The molecule has 3 aromatic heterocycles. The van der Waals surface area contributed by atoms with Gasteiger partial charge in [-0.05, 0) is 54.6 Å². The molecule has 0 spiro atoms. The molecule has 0 N–H and O–H groups in total. The molecule has 2 aliphatic carbocycles. The van der Waals surface area contributed by atoms with E-state index in [0.717, 1.165) is 57.3 Å². The maximum Gasteiger partial charge on any atom is 0.121 e. The SMILES string of the molecule is [CH3][Ge]([CH3])([CH3])[c]1ccc(-c2[c-]ccc3c2CCCC3)nc1.[Ir].[c-]1ccc2c(oc3cc(-c4ccccc4)ccc32)c1-c1nccc2c1CCCC2. The number of furan rings is 1. The molecule has 4 aromatic carbocycles. The van der Waals surface area contributed by atoms with Crippen molar-refractivity contribution in [2.45, 2.75) is 68.6 Å². The maximum absolute atomic E-state index is 6.42. The first-order chi connectivity index (χ1) is 23.9. The Kier molecular flexibility index (Phi) is 10.2. The van der Waals surface area contributed by atoms with E-state index in [1.807, 2.05) is 18.3 Å². The quantitative estimate of drug-likeness (QED) is 0.131. The first-order valence-corrected chi connectivity index (χ1v) is 25.2. The van der Waals surface area contributed by atoms with Gasteiger partial charge in [-0.2, -0.15) is 0 Å². The van der Waals surface area contributed by atoms with Gasteiger partial charge < -0.3 is 9.40 Å². The van der Waals surface area contributed by atoms with Gasteiger partial charge in [0, 0.05) is 31.7 Å². The van der Waals surface area contributed by atoms with Crippen molar-refractivity contribution >= 4 is 39.6 Å². The van der Waals surface area contributed by atoms with Crippen LogP contribution in [0.5, 0.6) is 0 Å². The molecule has 0 fully saturated rings. The molecule has 0 unspecified atom stereocenters. The third kappa shape index (κ3) is 6.91. The summed E-state index contributed by atoms with van der Waals surface area (Å²) in [4.78, 5) is 9.50. The zero-order valence-electron chi connectivity index (χ0n) is 29.1. The second-order valence-corrected chi connectivity index (χ2v) is 25.2. The van der Waals surface area contributed by atoms with Gasteiger partial charge in [0.15, 0.2) is 0 Å². The standard InChI is InChI=1S/C27H20NO.C18H22GeN.Ir/c1-2-7-18(8-3-1)20-13-14-22-23-11-6-12-24(27(23)29-25(22)17-20)26-21-10-5-4-9-19(21)15-16-28-26;1-19(2,3)15-11-12-18(20-13-15)17-10-6-8-14-7-4-5-9-16(14)17;/h1-3,6-8,11,13-17H,4-5,9-10H2;6,8,11-13H,4-5,7,9H2,1-3H3;/q2*-1;. The van der Waals surface area contributed by atoms with Gasteiger partial charge in [-0.25, -0.2) is 0 Å². The van der Waals surface area contributed by atoms with Gasteiger partial charge in [-0.3, -0.25) is 0 Å². The number of nitrogens with zero attached hydrogens (tertiary/aromatic N) is 2. The Morgan fingerprint density at radius 3 is 2.12 bits per heavy atom. The second kappa shape index (κ2) is 14.8. The number of aromatic nitrogens is 2. The molecule has 5 heteroatoms. The van der Waals surface area contributed by atoms with Gasteiger partial charge in [-0.1, -0.05) is 64.5 Å². The van der Waals surface area contributed by atoms with Gasteiger partial charge in [0.2, 0.25) is 0 Å². The normalized spacial score (nSPS) is 13.9. The average molecular weight is 892 g/mol. The Bertz CT molecular complexity index is 2270. The van der Waals surface area contributed by atoms with E-state index in [2.05, 4.69) is 114 Å². The largest absolute Gasteiger partial charge is 0.501 e. The molecule has 0 amide bonds. The van der Waals surface area contributed by atoms with Crippen LogP contribution in [-0.4, -0.2) is 23.2 Å². The van der Waals surface area contributed by atoms with Crippen LogP contribution in [0.2, 0.25) is 17.3 Å². The zero-order valence-corrected chi connectivity index (χ0v) is 33.6. The first-order valence-electron chi connectivity index (χ1n) is 17.8. The number of rotatable bonds is 4. The van der Waals surface area contributed by atoms with Crippen molar-refractivity contribution in [3.8, 4) is 33.6 Å². The summed E-state index contributed by atoms with van der Waals surface area (Å²) in [6, 6.07) is 38.8. The summed E-state index contributed by atoms with van der Waals surface area (Å²) in [6.07, 6.45) is 13.8. The molecule has 3 heterocycles. The summed E-state index contributed by atoms with van der Waals surface area (Å²) >= 11 is -1.75. The monoisotopic (exact) mass is 893 g/mol. The third-order valence-corrected chi connectivity index (χ3v) is 14.5. The van der Waals surface area contributed by atoms with Crippen molar-refractivity contribution in [2.24, 2.45) is 0 Å². The first kappa shape index (κ1) is 34.6. The minimum Gasteiger partial charge on any atom is -0.501 e. The number of pyridine rings is 2. The van der Waals surface area contributed by atoms with Crippen LogP contribution in [0.1, 0.15) is 47.9 Å². The minimum atomic E-state index is -1.75. The van der Waals surface area contributed by atoms with Crippen molar-refractivity contribution in [3.63, 3.8) is 0 Å². The molecule has 9 rings (SSSR count). The number of hydrogen-bond acceptors (Lipinski definition) is 3. The van der Waals surface area contributed by atoms with Crippen LogP contribution in [0.4, 0.5) is 0 Å². The molecule has 0 atom stereocenters. The van der Waals surface area contributed by atoms with Gasteiger partial charge >= 0.3 is 125 Å². The maximum atomic E-state index is 6.42. The molecule has 253 valence electrons. The summed E-state index contributed by atoms with van der Waals surface area (Å²) in [6.45, 7) is 0. The van der Waals surface area contributed by atoms with E-state index in [-0.39, 0.29) is 20.1 Å². The van der Waals surface area contributed by atoms with Crippen molar-refractivity contribution in [3.05, 3.63) is 138 Å². The van der Waals surface area contributed by atoms with Crippen molar-refractivity contribution < 1.29 is 24.5 Å². The van der Waals surface area contributed by atoms with E-state index < -0.39 is 13.3 Å². The van der Waals surface area contributed by atoms with E-state index in [4.69, 9.17) is 14.4 Å². The Labute approximate surface area is 312 Å². The topological polar surface area (TPSA) is 38.9 Å². The van der Waals surface area contributed by atoms with Gasteiger partial charge in [0.1, 0.15) is 5.58 Å². The Morgan fingerprint density at radius 2 is 1.36 bits per heavy atom. The fourth-order valence-electron chi connectivity index (χ4n) is 7.53. The summed E-state index contributed by atoms with van der Waals surface area (Å²) in [5.41, 5.74) is 14.3. The molecular formula is C45H42GeIrN2O-2. The van der Waals surface area contributed by atoms with Crippen LogP contribution in [0.3, 0.4) is 0 Å². The van der Waals surface area contributed by atoms with E-state index in [9.17, 15) is 0 Å².